The van der Waals surface area contributed by atoms with Crippen LogP contribution in [0.5, 0.6) is 5.75 Å². The van der Waals surface area contributed by atoms with Crippen molar-refractivity contribution in [3.63, 3.8) is 0 Å². The maximum atomic E-state index is 14.1. The first-order valence-electron chi connectivity index (χ1n) is 13.7. The van der Waals surface area contributed by atoms with Crippen LogP contribution in [0.1, 0.15) is 53.6 Å². The fourth-order valence-electron chi connectivity index (χ4n) is 6.89. The number of benzene rings is 1. The lowest BCUT2D eigenvalue weighted by molar-refractivity contribution is -0.148. The van der Waals surface area contributed by atoms with Crippen molar-refractivity contribution in [1.29, 1.82) is 0 Å². The average Bonchev–Trinajstić information content (AvgIpc) is 2.90. The molecule has 0 aliphatic heterocycles. The highest BCUT2D eigenvalue weighted by Gasteiger charge is 2.63. The molecule has 0 saturated heterocycles. The second-order valence-electron chi connectivity index (χ2n) is 11.7. The first-order chi connectivity index (χ1) is 19.3. The maximum absolute atomic E-state index is 14.1. The van der Waals surface area contributed by atoms with Gasteiger partial charge in [0.25, 0.3) is 5.91 Å². The largest absolute Gasteiger partial charge is 0.510 e. The molecule has 0 bridgehead atoms. The van der Waals surface area contributed by atoms with Crippen LogP contribution in [0.3, 0.4) is 0 Å². The lowest BCUT2D eigenvalue weighted by atomic mass is 9.58. The van der Waals surface area contributed by atoms with Gasteiger partial charge >= 0.3 is 0 Å². The van der Waals surface area contributed by atoms with E-state index in [9.17, 15) is 34.8 Å². The molecule has 41 heavy (non-hydrogen) atoms. The lowest BCUT2D eigenvalue weighted by Gasteiger charge is -2.50. The van der Waals surface area contributed by atoms with E-state index in [0.717, 1.165) is 31.3 Å². The molecule has 0 heterocycles. The van der Waals surface area contributed by atoms with Crippen LogP contribution in [-0.4, -0.2) is 82.6 Å². The molecular weight excluding hydrogens is 526 g/mol. The van der Waals surface area contributed by atoms with Gasteiger partial charge < -0.3 is 31.1 Å². The summed E-state index contributed by atoms with van der Waals surface area (Å²) in [5, 5.41) is 45.5. The number of ketones is 2. The molecule has 4 aliphatic rings. The monoisotopic (exact) mass is 561 g/mol. The highest BCUT2D eigenvalue weighted by Crippen LogP contribution is 2.53. The first-order valence-corrected chi connectivity index (χ1v) is 13.7. The van der Waals surface area contributed by atoms with Gasteiger partial charge in [-0.15, -0.1) is 0 Å². The van der Waals surface area contributed by atoms with E-state index in [1.165, 1.54) is 4.90 Å². The zero-order chi connectivity index (χ0) is 30.0. The Balaban J connectivity index is 1.70. The summed E-state index contributed by atoms with van der Waals surface area (Å²) in [7, 11) is 6.83. The van der Waals surface area contributed by atoms with Crippen molar-refractivity contribution in [1.82, 2.24) is 4.90 Å². The topological polar surface area (TPSA) is 165 Å². The number of carbonyl (C=O) groups excluding carboxylic acids is 3. The highest BCUT2D eigenvalue weighted by molar-refractivity contribution is 6.25. The number of primary amides is 1. The second-order valence-corrected chi connectivity index (χ2v) is 11.7. The van der Waals surface area contributed by atoms with Gasteiger partial charge in [-0.05, 0) is 75.7 Å². The summed E-state index contributed by atoms with van der Waals surface area (Å²) in [5.41, 5.74) is 4.13. The number of phenols is 1. The number of likely N-dealkylation sites (N-methyl/N-ethyl adjacent to an activating group) is 1. The molecule has 0 spiro atoms. The molecule has 0 saturated carbocycles. The zero-order valence-electron chi connectivity index (χ0n) is 23.6. The Hall–Kier alpha value is -4.07. The predicted octanol–water partition coefficient (Wildman–Crippen LogP) is 2.04. The van der Waals surface area contributed by atoms with Gasteiger partial charge in [0.2, 0.25) is 5.78 Å². The van der Waals surface area contributed by atoms with Crippen molar-refractivity contribution in [2.45, 2.75) is 50.2 Å². The van der Waals surface area contributed by atoms with Crippen LogP contribution in [0.2, 0.25) is 0 Å². The number of aromatic hydroxyl groups is 1. The molecule has 1 aromatic rings. The lowest BCUT2D eigenvalue weighted by Crippen LogP contribution is -2.63. The third kappa shape index (κ3) is 4.23. The van der Waals surface area contributed by atoms with E-state index >= 15 is 0 Å². The normalized spacial score (nSPS) is 27.5. The molecule has 0 radical (unpaired) electrons. The number of nitrogens with zero attached hydrogens (tertiary/aromatic N) is 2. The second kappa shape index (κ2) is 10.1. The van der Waals surface area contributed by atoms with Gasteiger partial charge in [-0.2, -0.15) is 0 Å². The minimum Gasteiger partial charge on any atom is -0.510 e. The van der Waals surface area contributed by atoms with Gasteiger partial charge in [-0.25, -0.2) is 0 Å². The number of amides is 1. The smallest absolute Gasteiger partial charge is 0.255 e. The molecule has 0 aromatic heterocycles. The van der Waals surface area contributed by atoms with E-state index < -0.39 is 58.0 Å². The number of fused-ring (bicyclic) bond motifs is 3. The van der Waals surface area contributed by atoms with Gasteiger partial charge in [0.05, 0.1) is 17.2 Å². The summed E-state index contributed by atoms with van der Waals surface area (Å²) < 4.78 is 0. The van der Waals surface area contributed by atoms with Gasteiger partial charge in [-0.3, -0.25) is 19.3 Å². The molecular formula is C31H35N3O7. The fraction of sp³-hybridized carbons (Fsp3) is 0.452. The number of Topliss-reactive ketones (excluding diaryl/α,β-unsaturated/α-hetero) is 2. The summed E-state index contributed by atoms with van der Waals surface area (Å²) in [5.74, 6) is -0.623. The Labute approximate surface area is 238 Å². The van der Waals surface area contributed by atoms with Gasteiger partial charge in [0.15, 0.2) is 11.4 Å². The molecule has 10 heteroatoms. The number of allylic oxidation sites excluding steroid dienone is 3. The SMILES string of the molecule is CN(C)c1cc(C#CC2=CCCCC2)c(O)c2c1C[C@H]1C[C@H]3[C@H](N(C)C)C(O)=C(C(N)=O)C(=O)[C@@]3(O)C(O)=C1C2=O. The summed E-state index contributed by atoms with van der Waals surface area (Å²) in [4.78, 5) is 43.1. The van der Waals surface area contributed by atoms with Crippen LogP contribution < -0.4 is 10.6 Å². The van der Waals surface area contributed by atoms with E-state index in [2.05, 4.69) is 17.9 Å². The number of nitrogens with two attached hydrogens (primary N) is 1. The van der Waals surface area contributed by atoms with Crippen LogP contribution in [0, 0.1) is 23.7 Å². The molecule has 1 aromatic carbocycles. The van der Waals surface area contributed by atoms with Crippen LogP contribution in [0.25, 0.3) is 0 Å². The van der Waals surface area contributed by atoms with Crippen LogP contribution in [0.15, 0.2) is 40.4 Å². The van der Waals surface area contributed by atoms with Gasteiger partial charge in [0, 0.05) is 31.3 Å². The van der Waals surface area contributed by atoms with Gasteiger partial charge in [0.1, 0.15) is 22.8 Å². The third-order valence-electron chi connectivity index (χ3n) is 8.83. The minimum absolute atomic E-state index is 0.0368. The van der Waals surface area contributed by atoms with E-state index in [-0.39, 0.29) is 35.3 Å². The van der Waals surface area contributed by atoms with Crippen molar-refractivity contribution in [2.24, 2.45) is 17.6 Å². The molecule has 6 N–H and O–H groups in total. The maximum Gasteiger partial charge on any atom is 0.255 e. The number of phenolic OH excluding ortho intramolecular Hbond substituents is 1. The predicted molar refractivity (Wildman–Crippen MR) is 151 cm³/mol. The number of hydrogen-bond acceptors (Lipinski definition) is 9. The quantitative estimate of drug-likeness (QED) is 0.274. The number of aliphatic hydroxyl groups is 3. The highest BCUT2D eigenvalue weighted by atomic mass is 16.3. The van der Waals surface area contributed by atoms with E-state index in [1.54, 1.807) is 20.2 Å². The molecule has 216 valence electrons. The third-order valence-corrected chi connectivity index (χ3v) is 8.83. The Morgan fingerprint density at radius 1 is 1.10 bits per heavy atom. The fourth-order valence-corrected chi connectivity index (χ4v) is 6.89. The summed E-state index contributed by atoms with van der Waals surface area (Å²) in [6.45, 7) is 0. The zero-order valence-corrected chi connectivity index (χ0v) is 23.6. The number of anilines is 1. The minimum atomic E-state index is -2.67. The Bertz CT molecular complexity index is 1540. The number of carbonyl (C=O) groups is 3. The Morgan fingerprint density at radius 3 is 2.39 bits per heavy atom. The van der Waals surface area contributed by atoms with E-state index in [0.29, 0.717) is 11.3 Å². The molecule has 4 aliphatic carbocycles. The van der Waals surface area contributed by atoms with Crippen molar-refractivity contribution in [3.8, 4) is 17.6 Å². The molecule has 0 unspecified atom stereocenters. The Kier molecular flexibility index (Phi) is 7.00. The van der Waals surface area contributed by atoms with Crippen LogP contribution >= 0.6 is 0 Å². The number of aliphatic hydroxyl groups excluding tert-OH is 2. The standard InChI is InChI=1S/C31H35N3O7/c1-33(2)20-14-16(11-10-15-8-6-5-7-9-15)25(35)22-18(20)12-17-13-19-24(34(3)4)27(37)23(30(32)40)29(39)31(19,41)28(38)21(17)26(22)36/h8,14,17,19,24,35,37-38,41H,5-7,9,12-13H2,1-4H3,(H2,32,40)/t17-,19-,24-,31-/m0/s1. The molecule has 5 rings (SSSR count). The van der Waals surface area contributed by atoms with Crippen LogP contribution in [-0.2, 0) is 16.0 Å². The van der Waals surface area contributed by atoms with Crippen LogP contribution in [0.4, 0.5) is 5.69 Å². The van der Waals surface area contributed by atoms with Crippen molar-refractivity contribution < 1.29 is 34.8 Å². The molecule has 4 atom stereocenters. The Morgan fingerprint density at radius 2 is 1.80 bits per heavy atom. The van der Waals surface area contributed by atoms with Crippen molar-refractivity contribution in [3.05, 3.63) is 57.1 Å². The summed E-state index contributed by atoms with van der Waals surface area (Å²) >= 11 is 0. The molecule has 10 nitrogen and oxygen atoms in total. The van der Waals surface area contributed by atoms with E-state index in [1.807, 2.05) is 19.0 Å². The molecule has 1 amide bonds. The number of rotatable bonds is 3. The van der Waals surface area contributed by atoms with E-state index in [4.69, 9.17) is 5.73 Å². The summed E-state index contributed by atoms with van der Waals surface area (Å²) in [6.07, 6.45) is 6.26. The first kappa shape index (κ1) is 28.5. The summed E-state index contributed by atoms with van der Waals surface area (Å²) in [6, 6.07) is 0.709. The number of hydrogen-bond donors (Lipinski definition) is 5. The molecule has 0 fully saturated rings. The van der Waals surface area contributed by atoms with Crippen molar-refractivity contribution >= 4 is 23.2 Å². The average molecular weight is 562 g/mol. The van der Waals surface area contributed by atoms with Crippen molar-refractivity contribution in [2.75, 3.05) is 33.1 Å². The van der Waals surface area contributed by atoms with Gasteiger partial charge in [-0.1, -0.05) is 17.9 Å².